The van der Waals surface area contributed by atoms with E-state index in [1.165, 1.54) is 0 Å². The van der Waals surface area contributed by atoms with E-state index in [9.17, 15) is 9.90 Å². The second-order valence-electron chi connectivity index (χ2n) is 4.59. The Morgan fingerprint density at radius 1 is 1.33 bits per heavy atom. The van der Waals surface area contributed by atoms with Crippen LogP contribution in [0.3, 0.4) is 0 Å². The molecule has 0 saturated heterocycles. The predicted molar refractivity (Wildman–Crippen MR) is 66.9 cm³/mol. The molecule has 1 saturated carbocycles. The molecule has 2 rings (SSSR count). The Bertz CT molecular complexity index is 479. The van der Waals surface area contributed by atoms with Gasteiger partial charge in [-0.15, -0.1) is 0 Å². The van der Waals surface area contributed by atoms with Crippen molar-refractivity contribution in [3.63, 3.8) is 0 Å². The number of nitrogens with one attached hydrogen (secondary N) is 1. The van der Waals surface area contributed by atoms with Crippen molar-refractivity contribution in [1.82, 2.24) is 5.32 Å². The number of amides is 1. The van der Waals surface area contributed by atoms with Gasteiger partial charge in [-0.3, -0.25) is 4.79 Å². The summed E-state index contributed by atoms with van der Waals surface area (Å²) in [6.45, 7) is 0. The van der Waals surface area contributed by atoms with E-state index in [2.05, 4.69) is 5.32 Å². The molecule has 1 fully saturated rings. The van der Waals surface area contributed by atoms with Crippen molar-refractivity contribution in [3.8, 4) is 6.07 Å². The number of aliphatic hydroxyl groups is 1. The number of hydrogen-bond acceptors (Lipinski definition) is 3. The summed E-state index contributed by atoms with van der Waals surface area (Å²) in [5.41, 5.74) is 0.734. The molecule has 0 aliphatic heterocycles. The molecule has 1 aliphatic rings. The predicted octanol–water partition coefficient (Wildman–Crippen LogP) is 1.59. The van der Waals surface area contributed by atoms with Gasteiger partial charge in [-0.2, -0.15) is 5.26 Å². The quantitative estimate of drug-likeness (QED) is 0.829. The number of rotatable bonds is 2. The number of benzene rings is 1. The molecule has 4 nitrogen and oxygen atoms in total. The lowest BCUT2D eigenvalue weighted by Gasteiger charge is -2.28. The topological polar surface area (TPSA) is 73.1 Å². The molecule has 1 aromatic rings. The van der Waals surface area contributed by atoms with E-state index in [0.717, 1.165) is 25.7 Å². The highest BCUT2D eigenvalue weighted by Gasteiger charge is 2.25. The molecule has 0 heterocycles. The van der Waals surface area contributed by atoms with Crippen LogP contribution in [-0.4, -0.2) is 23.2 Å². The third-order valence-electron chi connectivity index (χ3n) is 3.34. The zero-order valence-electron chi connectivity index (χ0n) is 10.1. The van der Waals surface area contributed by atoms with Crippen molar-refractivity contribution < 1.29 is 9.90 Å². The van der Waals surface area contributed by atoms with Gasteiger partial charge in [0.2, 0.25) is 0 Å². The van der Waals surface area contributed by atoms with Crippen LogP contribution in [0, 0.1) is 11.3 Å². The molecule has 0 spiro atoms. The van der Waals surface area contributed by atoms with E-state index >= 15 is 0 Å². The summed E-state index contributed by atoms with van der Waals surface area (Å²) in [7, 11) is 0. The number of nitriles is 1. The first-order chi connectivity index (χ1) is 8.72. The lowest BCUT2D eigenvalue weighted by molar-refractivity contribution is 0.0717. The van der Waals surface area contributed by atoms with Gasteiger partial charge in [0.15, 0.2) is 0 Å². The third kappa shape index (κ3) is 2.69. The maximum atomic E-state index is 12.1. The average molecular weight is 244 g/mol. The zero-order valence-corrected chi connectivity index (χ0v) is 10.1. The van der Waals surface area contributed by atoms with Gasteiger partial charge in [0, 0.05) is 0 Å². The zero-order chi connectivity index (χ0) is 13.0. The second kappa shape index (κ2) is 5.65. The number of aliphatic hydroxyl groups excluding tert-OH is 1. The van der Waals surface area contributed by atoms with E-state index in [4.69, 9.17) is 5.26 Å². The van der Waals surface area contributed by atoms with Crippen molar-refractivity contribution in [1.29, 1.82) is 5.26 Å². The monoisotopic (exact) mass is 244 g/mol. The summed E-state index contributed by atoms with van der Waals surface area (Å²) in [4.78, 5) is 12.1. The van der Waals surface area contributed by atoms with Crippen LogP contribution in [0.5, 0.6) is 0 Å². The fourth-order valence-corrected chi connectivity index (χ4v) is 2.30. The van der Waals surface area contributed by atoms with Crippen molar-refractivity contribution >= 4 is 5.91 Å². The normalized spacial score (nSPS) is 23.1. The molecule has 94 valence electrons. The van der Waals surface area contributed by atoms with Crippen LogP contribution in [-0.2, 0) is 0 Å². The molecule has 4 heteroatoms. The fourth-order valence-electron chi connectivity index (χ4n) is 2.30. The Morgan fingerprint density at radius 3 is 2.78 bits per heavy atom. The number of nitrogens with zero attached hydrogens (tertiary/aromatic N) is 1. The molecule has 2 unspecified atom stereocenters. The molecule has 2 atom stereocenters. The van der Waals surface area contributed by atoms with Gasteiger partial charge in [-0.25, -0.2) is 0 Å². The molecule has 0 bridgehead atoms. The Labute approximate surface area is 106 Å². The van der Waals surface area contributed by atoms with Gasteiger partial charge >= 0.3 is 0 Å². The molecule has 1 amide bonds. The smallest absolute Gasteiger partial charge is 0.252 e. The van der Waals surface area contributed by atoms with E-state index < -0.39 is 6.10 Å². The Morgan fingerprint density at radius 2 is 2.06 bits per heavy atom. The summed E-state index contributed by atoms with van der Waals surface area (Å²) in [5, 5.41) is 21.6. The van der Waals surface area contributed by atoms with Crippen molar-refractivity contribution in [3.05, 3.63) is 35.4 Å². The number of carbonyl (C=O) groups excluding carboxylic acids is 1. The van der Waals surface area contributed by atoms with Gasteiger partial charge in [0.05, 0.1) is 29.3 Å². The fraction of sp³-hybridized carbons (Fsp3) is 0.429. The molecule has 0 aromatic heterocycles. The minimum absolute atomic E-state index is 0.196. The summed E-state index contributed by atoms with van der Waals surface area (Å²) in [6, 6.07) is 8.51. The maximum absolute atomic E-state index is 12.1. The summed E-state index contributed by atoms with van der Waals surface area (Å²) in [6.07, 6.45) is 3.06. The van der Waals surface area contributed by atoms with Crippen LogP contribution >= 0.6 is 0 Å². The summed E-state index contributed by atoms with van der Waals surface area (Å²) >= 11 is 0. The van der Waals surface area contributed by atoms with Crippen LogP contribution < -0.4 is 5.32 Å². The van der Waals surface area contributed by atoms with E-state index in [1.54, 1.807) is 24.3 Å². The maximum Gasteiger partial charge on any atom is 0.252 e. The van der Waals surface area contributed by atoms with Crippen LogP contribution in [0.2, 0.25) is 0 Å². The molecule has 1 aromatic carbocycles. The molecule has 18 heavy (non-hydrogen) atoms. The first-order valence-electron chi connectivity index (χ1n) is 6.20. The highest BCUT2D eigenvalue weighted by molar-refractivity contribution is 5.96. The average Bonchev–Trinajstić information content (AvgIpc) is 2.41. The highest BCUT2D eigenvalue weighted by atomic mass is 16.3. The van der Waals surface area contributed by atoms with Crippen LogP contribution in [0.15, 0.2) is 24.3 Å². The third-order valence-corrected chi connectivity index (χ3v) is 3.34. The van der Waals surface area contributed by atoms with E-state index in [-0.39, 0.29) is 11.9 Å². The summed E-state index contributed by atoms with van der Waals surface area (Å²) < 4.78 is 0. The van der Waals surface area contributed by atoms with Gasteiger partial charge in [0.25, 0.3) is 5.91 Å². The van der Waals surface area contributed by atoms with Gasteiger partial charge in [-0.05, 0) is 25.0 Å². The number of hydrogen-bond donors (Lipinski definition) is 2. The Kier molecular flexibility index (Phi) is 3.96. The SMILES string of the molecule is N#Cc1ccccc1C(=O)NC1CCCCC1O. The highest BCUT2D eigenvalue weighted by Crippen LogP contribution is 2.19. The van der Waals surface area contributed by atoms with Crippen molar-refractivity contribution in [2.24, 2.45) is 0 Å². The van der Waals surface area contributed by atoms with Gasteiger partial charge in [-0.1, -0.05) is 25.0 Å². The minimum atomic E-state index is -0.475. The molecular weight excluding hydrogens is 228 g/mol. The Balaban J connectivity index is 2.10. The lowest BCUT2D eigenvalue weighted by atomic mass is 9.92. The molecular formula is C14H16N2O2. The molecule has 1 aliphatic carbocycles. The van der Waals surface area contributed by atoms with E-state index in [0.29, 0.717) is 11.1 Å². The first-order valence-corrected chi connectivity index (χ1v) is 6.20. The largest absolute Gasteiger partial charge is 0.391 e. The Hall–Kier alpha value is -1.86. The van der Waals surface area contributed by atoms with Gasteiger partial charge < -0.3 is 10.4 Å². The van der Waals surface area contributed by atoms with Crippen molar-refractivity contribution in [2.75, 3.05) is 0 Å². The first kappa shape index (κ1) is 12.6. The van der Waals surface area contributed by atoms with Crippen LogP contribution in [0.4, 0.5) is 0 Å². The second-order valence-corrected chi connectivity index (χ2v) is 4.59. The minimum Gasteiger partial charge on any atom is -0.391 e. The summed E-state index contributed by atoms with van der Waals surface area (Å²) in [5.74, 6) is -0.280. The van der Waals surface area contributed by atoms with Gasteiger partial charge in [0.1, 0.15) is 0 Å². The van der Waals surface area contributed by atoms with Crippen molar-refractivity contribution in [2.45, 2.75) is 37.8 Å². The standard InChI is InChI=1S/C14H16N2O2/c15-9-10-5-1-2-6-11(10)14(18)16-12-7-3-4-8-13(12)17/h1-2,5-6,12-13,17H,3-4,7-8H2,(H,16,18). The molecule has 0 radical (unpaired) electrons. The van der Waals surface area contributed by atoms with E-state index in [1.807, 2.05) is 6.07 Å². The molecule has 2 N–H and O–H groups in total. The van der Waals surface area contributed by atoms with Crippen LogP contribution in [0.25, 0.3) is 0 Å². The number of carbonyl (C=O) groups is 1. The lowest BCUT2D eigenvalue weighted by Crippen LogP contribution is -2.45. The van der Waals surface area contributed by atoms with Crippen LogP contribution in [0.1, 0.15) is 41.6 Å².